The second kappa shape index (κ2) is 7.84. The average Bonchev–Trinajstić information content (AvgIpc) is 3.29. The highest BCUT2D eigenvalue weighted by Gasteiger charge is 2.12. The highest BCUT2D eigenvalue weighted by Crippen LogP contribution is 2.19. The van der Waals surface area contributed by atoms with Crippen molar-refractivity contribution in [2.75, 3.05) is 0 Å². The fourth-order valence-electron chi connectivity index (χ4n) is 2.94. The zero-order valence-corrected chi connectivity index (χ0v) is 15.4. The van der Waals surface area contributed by atoms with Crippen molar-refractivity contribution in [3.05, 3.63) is 96.6 Å². The number of aromatic nitrogens is 4. The van der Waals surface area contributed by atoms with Gasteiger partial charge in [0.25, 0.3) is 5.91 Å². The maximum absolute atomic E-state index is 12.7. The van der Waals surface area contributed by atoms with Crippen LogP contribution in [0.1, 0.15) is 28.9 Å². The van der Waals surface area contributed by atoms with Crippen LogP contribution in [0.4, 0.5) is 0 Å². The van der Waals surface area contributed by atoms with Crippen LogP contribution in [0.25, 0.3) is 17.1 Å². The molecule has 1 atom stereocenters. The molecule has 28 heavy (non-hydrogen) atoms. The van der Waals surface area contributed by atoms with E-state index in [2.05, 4.69) is 20.5 Å². The van der Waals surface area contributed by atoms with E-state index >= 15 is 0 Å². The number of rotatable bonds is 5. The fraction of sp³-hybridized carbons (Fsp3) is 0.0909. The molecule has 138 valence electrons. The Kier molecular flexibility index (Phi) is 4.93. The number of carbonyl (C=O) groups is 1. The van der Waals surface area contributed by atoms with Gasteiger partial charge >= 0.3 is 0 Å². The highest BCUT2D eigenvalue weighted by atomic mass is 16.1. The minimum absolute atomic E-state index is 0.0772. The van der Waals surface area contributed by atoms with Gasteiger partial charge < -0.3 is 5.32 Å². The van der Waals surface area contributed by atoms with Crippen molar-refractivity contribution >= 4 is 5.91 Å². The van der Waals surface area contributed by atoms with Crippen molar-refractivity contribution in [3.8, 4) is 17.1 Å². The topological polar surface area (TPSA) is 72.7 Å². The van der Waals surface area contributed by atoms with E-state index in [1.165, 1.54) is 0 Å². The average molecular weight is 369 g/mol. The number of carbonyl (C=O) groups excluding carboxylic acids is 1. The predicted octanol–water partition coefficient (Wildman–Crippen LogP) is 3.82. The molecule has 1 N–H and O–H groups in total. The molecule has 0 aliphatic rings. The van der Waals surface area contributed by atoms with E-state index < -0.39 is 0 Å². The normalized spacial score (nSPS) is 11.8. The number of amides is 1. The molecule has 1 amide bonds. The second-order valence-corrected chi connectivity index (χ2v) is 6.43. The minimum Gasteiger partial charge on any atom is -0.346 e. The largest absolute Gasteiger partial charge is 0.346 e. The summed E-state index contributed by atoms with van der Waals surface area (Å²) >= 11 is 0. The SMILES string of the molecule is C[C@H](NC(=O)c1cccc(-c2ccc(-n3ccnc3)nn2)c1)c1ccccc1. The summed E-state index contributed by atoms with van der Waals surface area (Å²) in [6.07, 6.45) is 5.17. The first-order valence-electron chi connectivity index (χ1n) is 8.99. The molecule has 0 saturated carbocycles. The van der Waals surface area contributed by atoms with Crippen LogP contribution in [0.3, 0.4) is 0 Å². The van der Waals surface area contributed by atoms with Crippen LogP contribution in [0, 0.1) is 0 Å². The van der Waals surface area contributed by atoms with E-state index in [0.717, 1.165) is 11.1 Å². The van der Waals surface area contributed by atoms with Crippen LogP contribution >= 0.6 is 0 Å². The quantitative estimate of drug-likeness (QED) is 0.580. The van der Waals surface area contributed by atoms with E-state index in [4.69, 9.17) is 0 Å². The molecule has 0 spiro atoms. The standard InChI is InChI=1S/C22H19N5O/c1-16(17-6-3-2-4-7-17)24-22(28)19-9-5-8-18(14-19)20-10-11-21(26-25-20)27-13-12-23-15-27/h2-16H,1H3,(H,24,28)/t16-/m0/s1. The van der Waals surface area contributed by atoms with Crippen molar-refractivity contribution in [2.45, 2.75) is 13.0 Å². The summed E-state index contributed by atoms with van der Waals surface area (Å²) in [5.41, 5.74) is 3.19. The summed E-state index contributed by atoms with van der Waals surface area (Å²) in [6, 6.07) is 20.9. The van der Waals surface area contributed by atoms with Gasteiger partial charge in [0.15, 0.2) is 5.82 Å². The molecule has 0 fully saturated rings. The van der Waals surface area contributed by atoms with Gasteiger partial charge in [0.05, 0.1) is 11.7 Å². The molecule has 2 aromatic heterocycles. The first-order chi connectivity index (χ1) is 13.7. The summed E-state index contributed by atoms with van der Waals surface area (Å²) in [4.78, 5) is 16.7. The van der Waals surface area contributed by atoms with Crippen LogP contribution in [0.5, 0.6) is 0 Å². The third-order valence-corrected chi connectivity index (χ3v) is 4.49. The van der Waals surface area contributed by atoms with Gasteiger partial charge in [0.2, 0.25) is 0 Å². The number of nitrogens with one attached hydrogen (secondary N) is 1. The Bertz CT molecular complexity index is 1060. The summed E-state index contributed by atoms with van der Waals surface area (Å²) in [5.74, 6) is 0.563. The van der Waals surface area contributed by atoms with Crippen LogP contribution in [0.2, 0.25) is 0 Å². The zero-order chi connectivity index (χ0) is 19.3. The number of nitrogens with zero attached hydrogens (tertiary/aromatic N) is 4. The van der Waals surface area contributed by atoms with Gasteiger partial charge in [-0.15, -0.1) is 10.2 Å². The highest BCUT2D eigenvalue weighted by molar-refractivity contribution is 5.95. The zero-order valence-electron chi connectivity index (χ0n) is 15.4. The summed E-state index contributed by atoms with van der Waals surface area (Å²) < 4.78 is 1.78. The van der Waals surface area contributed by atoms with Gasteiger partial charge in [0.1, 0.15) is 6.33 Å². The Morgan fingerprint density at radius 1 is 1.00 bits per heavy atom. The van der Waals surface area contributed by atoms with Crippen molar-refractivity contribution in [1.82, 2.24) is 25.1 Å². The molecule has 2 aromatic carbocycles. The lowest BCUT2D eigenvalue weighted by atomic mass is 10.1. The Hall–Kier alpha value is -3.80. The first-order valence-corrected chi connectivity index (χ1v) is 8.99. The first kappa shape index (κ1) is 17.6. The number of hydrogen-bond acceptors (Lipinski definition) is 4. The summed E-state index contributed by atoms with van der Waals surface area (Å²) in [5, 5.41) is 11.5. The lowest BCUT2D eigenvalue weighted by Gasteiger charge is -2.14. The van der Waals surface area contributed by atoms with E-state index in [1.54, 1.807) is 23.2 Å². The van der Waals surface area contributed by atoms with Crippen LogP contribution in [-0.4, -0.2) is 25.7 Å². The molecule has 0 saturated heterocycles. The monoisotopic (exact) mass is 369 g/mol. The van der Waals surface area contributed by atoms with E-state index in [0.29, 0.717) is 17.1 Å². The molecule has 0 aliphatic heterocycles. The van der Waals surface area contributed by atoms with Crippen LogP contribution in [-0.2, 0) is 0 Å². The van der Waals surface area contributed by atoms with Crippen molar-refractivity contribution in [2.24, 2.45) is 0 Å². The molecular weight excluding hydrogens is 350 g/mol. The second-order valence-electron chi connectivity index (χ2n) is 6.43. The van der Waals surface area contributed by atoms with Crippen molar-refractivity contribution in [3.63, 3.8) is 0 Å². The van der Waals surface area contributed by atoms with E-state index in [-0.39, 0.29) is 11.9 Å². The molecule has 0 radical (unpaired) electrons. The molecular formula is C22H19N5O. The molecule has 6 heteroatoms. The van der Waals surface area contributed by atoms with Gasteiger partial charge in [-0.1, -0.05) is 42.5 Å². The van der Waals surface area contributed by atoms with Gasteiger partial charge in [-0.25, -0.2) is 4.98 Å². The molecule has 4 aromatic rings. The van der Waals surface area contributed by atoms with Gasteiger partial charge in [-0.05, 0) is 36.8 Å². The lowest BCUT2D eigenvalue weighted by Crippen LogP contribution is -2.26. The van der Waals surface area contributed by atoms with Crippen LogP contribution in [0.15, 0.2) is 85.5 Å². The van der Waals surface area contributed by atoms with Gasteiger partial charge in [-0.3, -0.25) is 9.36 Å². The Labute approximate surface area is 162 Å². The summed E-state index contributed by atoms with van der Waals surface area (Å²) in [6.45, 7) is 1.97. The van der Waals surface area contributed by atoms with Crippen LogP contribution < -0.4 is 5.32 Å². The maximum atomic E-state index is 12.7. The maximum Gasteiger partial charge on any atom is 0.251 e. The molecule has 0 bridgehead atoms. The Morgan fingerprint density at radius 2 is 1.86 bits per heavy atom. The van der Waals surface area contributed by atoms with Crippen molar-refractivity contribution in [1.29, 1.82) is 0 Å². The Morgan fingerprint density at radius 3 is 2.57 bits per heavy atom. The van der Waals surface area contributed by atoms with E-state index in [9.17, 15) is 4.79 Å². The molecule has 2 heterocycles. The number of hydrogen-bond donors (Lipinski definition) is 1. The van der Waals surface area contributed by atoms with E-state index in [1.807, 2.05) is 73.8 Å². The number of imidazole rings is 1. The Balaban J connectivity index is 1.52. The molecule has 0 aliphatic carbocycles. The summed E-state index contributed by atoms with van der Waals surface area (Å²) in [7, 11) is 0. The van der Waals surface area contributed by atoms with Crippen molar-refractivity contribution < 1.29 is 4.79 Å². The minimum atomic E-state index is -0.124. The fourth-order valence-corrected chi connectivity index (χ4v) is 2.94. The lowest BCUT2D eigenvalue weighted by molar-refractivity contribution is 0.0940. The molecule has 4 rings (SSSR count). The third-order valence-electron chi connectivity index (χ3n) is 4.49. The molecule has 6 nitrogen and oxygen atoms in total. The van der Waals surface area contributed by atoms with Gasteiger partial charge in [-0.2, -0.15) is 0 Å². The molecule has 0 unspecified atom stereocenters. The third kappa shape index (κ3) is 3.81. The number of benzene rings is 2. The predicted molar refractivity (Wildman–Crippen MR) is 107 cm³/mol. The van der Waals surface area contributed by atoms with Gasteiger partial charge in [0, 0.05) is 23.5 Å². The smallest absolute Gasteiger partial charge is 0.251 e.